The van der Waals surface area contributed by atoms with Crippen LogP contribution in [0.4, 0.5) is 11.9 Å². The number of aromatic amines is 3. The van der Waals surface area contributed by atoms with Crippen LogP contribution in [0.5, 0.6) is 0 Å². The third-order valence-electron chi connectivity index (χ3n) is 8.52. The second-order valence-electron chi connectivity index (χ2n) is 12.2. The van der Waals surface area contributed by atoms with Crippen molar-refractivity contribution in [1.29, 1.82) is 0 Å². The minimum Gasteiger partial charge on any atom is -0.756 e. The van der Waals surface area contributed by atoms with Crippen LogP contribution in [-0.4, -0.2) is 128 Å². The van der Waals surface area contributed by atoms with Gasteiger partial charge in [-0.15, -0.1) is 0 Å². The molecule has 0 aliphatic carbocycles. The number of aliphatic hydroxyl groups is 3. The molecule has 6 rings (SSSR count). The number of fused-ring (bicyclic) bond motifs is 2. The summed E-state index contributed by atoms with van der Waals surface area (Å²) in [7, 11) is -7.12. The van der Waals surface area contributed by atoms with Gasteiger partial charge in [-0.05, 0) is 0 Å². The quantitative estimate of drug-likeness (QED) is 0.0279. The van der Waals surface area contributed by atoms with Gasteiger partial charge in [0, 0.05) is 7.11 Å². The predicted molar refractivity (Wildman–Crippen MR) is 174 cm³/mol. The van der Waals surface area contributed by atoms with Crippen LogP contribution in [0.15, 0.2) is 22.2 Å². The van der Waals surface area contributed by atoms with E-state index in [9.17, 15) is 43.8 Å². The van der Waals surface area contributed by atoms with Crippen LogP contribution in [0.1, 0.15) is 12.5 Å². The molecule has 2 aliphatic rings. The summed E-state index contributed by atoms with van der Waals surface area (Å²) in [5, 5.41) is 31.8. The fourth-order valence-electron chi connectivity index (χ4n) is 5.99. The number of anilines is 2. The van der Waals surface area contributed by atoms with Crippen molar-refractivity contribution < 1.29 is 80.4 Å². The lowest BCUT2D eigenvalue weighted by molar-refractivity contribution is -0.746. The summed E-state index contributed by atoms with van der Waals surface area (Å²) in [5.41, 5.74) is 10.5. The summed E-state index contributed by atoms with van der Waals surface area (Å²) in [6.07, 6.45) is -7.81. The van der Waals surface area contributed by atoms with E-state index in [1.54, 1.807) is 0 Å². The first-order valence-corrected chi connectivity index (χ1v) is 19.1. The molecule has 10 N–H and O–H groups in total. The van der Waals surface area contributed by atoms with Gasteiger partial charge in [-0.1, -0.05) is 9.97 Å². The van der Waals surface area contributed by atoms with Crippen molar-refractivity contribution in [3.05, 3.63) is 33.4 Å². The molecule has 2 saturated heterocycles. The van der Waals surface area contributed by atoms with E-state index in [2.05, 4.69) is 24.9 Å². The zero-order valence-corrected chi connectivity index (χ0v) is 30.6. The van der Waals surface area contributed by atoms with E-state index in [1.165, 1.54) is 40.5 Å². The highest BCUT2D eigenvalue weighted by atomic mass is 31.2. The number of aryl methyl sites for hydroxylation is 1. The third kappa shape index (κ3) is 8.80. The molecule has 304 valence electrons. The normalized spacial score (nSPS) is 27.9. The van der Waals surface area contributed by atoms with Crippen molar-refractivity contribution in [2.24, 2.45) is 7.05 Å². The zero-order valence-electron chi connectivity index (χ0n) is 28.9. The molecule has 2 fully saturated rings. The SMILES string of the molecule is CO[C@@H]1[C@H](O)[C@@H](COP(=O)([O-])OCCOCCOP(=O)([O-])OC[C@H]2O[C@@H]([n+]3cn(C)c4c(=O)[nH]c(N)nc43)[C@H](O)[C@@H]2O)O[C@H]1[n+]1c[nH]c2c(=O)[nH]c(N)nc21. The Morgan fingerprint density at radius 2 is 1.40 bits per heavy atom. The highest BCUT2D eigenvalue weighted by Gasteiger charge is 2.49. The molecule has 0 saturated carbocycles. The lowest BCUT2D eigenvalue weighted by atomic mass is 10.1. The Hall–Kier alpha value is -3.76. The number of aliphatic hydroxyl groups excluding tert-OH is 3. The highest BCUT2D eigenvalue weighted by Crippen LogP contribution is 2.41. The van der Waals surface area contributed by atoms with Crippen molar-refractivity contribution >= 4 is 49.9 Å². The van der Waals surface area contributed by atoms with Crippen molar-refractivity contribution in [2.75, 3.05) is 58.2 Å². The van der Waals surface area contributed by atoms with Gasteiger partial charge in [0.05, 0.1) is 46.7 Å². The molecule has 2 aliphatic heterocycles. The predicted octanol–water partition coefficient (Wildman–Crippen LogP) is -5.82. The van der Waals surface area contributed by atoms with Crippen LogP contribution >= 0.6 is 15.6 Å². The maximum absolute atomic E-state index is 12.3. The molecular weight excluding hydrogens is 786 g/mol. The van der Waals surface area contributed by atoms with E-state index < -0.39 is 102 Å². The van der Waals surface area contributed by atoms with E-state index in [0.717, 1.165) is 0 Å². The molecule has 0 aromatic carbocycles. The minimum absolute atomic E-state index is 0.0379. The average molecular weight is 825 g/mol. The lowest BCUT2D eigenvalue weighted by Crippen LogP contribution is -2.46. The highest BCUT2D eigenvalue weighted by molar-refractivity contribution is 7.46. The lowest BCUT2D eigenvalue weighted by Gasteiger charge is -2.25. The summed E-state index contributed by atoms with van der Waals surface area (Å²) < 4.78 is 69.7. The van der Waals surface area contributed by atoms with Crippen LogP contribution in [-0.2, 0) is 53.2 Å². The third-order valence-corrected chi connectivity index (χ3v) is 10.4. The van der Waals surface area contributed by atoms with E-state index in [4.69, 9.17) is 48.5 Å². The summed E-state index contributed by atoms with van der Waals surface area (Å²) in [6.45, 7) is -3.21. The Morgan fingerprint density at radius 1 is 0.836 bits per heavy atom. The first kappa shape index (κ1) is 40.9. The summed E-state index contributed by atoms with van der Waals surface area (Å²) in [6, 6.07) is 0. The van der Waals surface area contributed by atoms with Crippen LogP contribution in [0.25, 0.3) is 22.3 Å². The molecule has 2 unspecified atom stereocenters. The minimum atomic E-state index is -4.98. The number of nitrogen functional groups attached to an aromatic ring is 2. The fourth-order valence-corrected chi connectivity index (χ4v) is 7.40. The summed E-state index contributed by atoms with van der Waals surface area (Å²) >= 11 is 0. The average Bonchev–Trinajstić information content (AvgIpc) is 3.84. The van der Waals surface area contributed by atoms with Gasteiger partial charge >= 0.3 is 11.3 Å². The first-order valence-electron chi connectivity index (χ1n) is 16.2. The molecule has 0 spiro atoms. The first-order chi connectivity index (χ1) is 26.0. The van der Waals surface area contributed by atoms with E-state index in [1.807, 2.05) is 0 Å². The zero-order chi connectivity index (χ0) is 39.8. The topological polar surface area (TPSA) is 387 Å². The van der Waals surface area contributed by atoms with Gasteiger partial charge in [0.15, 0.2) is 12.7 Å². The van der Waals surface area contributed by atoms with Gasteiger partial charge in [-0.25, -0.2) is 9.13 Å². The summed E-state index contributed by atoms with van der Waals surface area (Å²) in [4.78, 5) is 64.6. The second-order valence-corrected chi connectivity index (χ2v) is 15.0. The van der Waals surface area contributed by atoms with Crippen LogP contribution in [0.3, 0.4) is 0 Å². The molecule has 4 aromatic rings. The van der Waals surface area contributed by atoms with Gasteiger partial charge < -0.3 is 73.6 Å². The molecule has 4 aromatic heterocycles. The fraction of sp³-hybridized carbons (Fsp3) is 0.615. The number of H-pyrrole nitrogens is 3. The number of hydrogen-bond donors (Lipinski definition) is 8. The van der Waals surface area contributed by atoms with Crippen molar-refractivity contribution in [2.45, 2.75) is 49.1 Å². The van der Waals surface area contributed by atoms with Gasteiger partial charge in [0.2, 0.25) is 23.5 Å². The molecule has 55 heavy (non-hydrogen) atoms. The van der Waals surface area contributed by atoms with Gasteiger partial charge in [-0.3, -0.25) is 38.2 Å². The largest absolute Gasteiger partial charge is 0.756 e. The Balaban J connectivity index is 0.899. The van der Waals surface area contributed by atoms with Gasteiger partial charge in [0.25, 0.3) is 38.7 Å². The molecule has 0 amide bonds. The number of imidazole rings is 2. The maximum Gasteiger partial charge on any atom is 0.313 e. The number of phosphoric acid groups is 2. The number of nitrogens with two attached hydrogens (primary N) is 2. The monoisotopic (exact) mass is 824 g/mol. The Labute approximate surface area is 307 Å². The van der Waals surface area contributed by atoms with Gasteiger partial charge in [-0.2, -0.15) is 0 Å². The Kier molecular flexibility index (Phi) is 12.2. The van der Waals surface area contributed by atoms with Gasteiger partial charge in [0.1, 0.15) is 36.6 Å². The van der Waals surface area contributed by atoms with Crippen LogP contribution < -0.4 is 41.5 Å². The van der Waals surface area contributed by atoms with E-state index in [0.29, 0.717) is 0 Å². The van der Waals surface area contributed by atoms with Crippen molar-refractivity contribution in [1.82, 2.24) is 29.5 Å². The van der Waals surface area contributed by atoms with E-state index >= 15 is 0 Å². The van der Waals surface area contributed by atoms with Crippen molar-refractivity contribution in [3.63, 3.8) is 0 Å². The number of ether oxygens (including phenoxy) is 4. The maximum atomic E-state index is 12.3. The molecule has 27 nitrogen and oxygen atoms in total. The molecule has 0 radical (unpaired) electrons. The van der Waals surface area contributed by atoms with Crippen molar-refractivity contribution in [3.8, 4) is 0 Å². The molecule has 10 atom stereocenters. The number of phosphoric ester groups is 2. The summed E-state index contributed by atoms with van der Waals surface area (Å²) in [5.74, 6) is -0.380. The molecular formula is C26H38N10O17P2. The Morgan fingerprint density at radius 3 is 2.02 bits per heavy atom. The van der Waals surface area contributed by atoms with E-state index in [-0.39, 0.29) is 47.4 Å². The number of methoxy groups -OCH3 is 1. The molecule has 0 bridgehead atoms. The standard InChI is InChI=1S/C26H38N10O17P2/c1-34-10-36(20-14(34)22(41)33-26(28)31-20)23-17(39)15(37)11(52-23)7-50-54(42,43)48-5-3-47-4-6-49-55(44,45)51-8-12-16(38)18(46-2)24(53-12)35-9-29-13-19(35)30-25(27)32-21(13)40/h9-12,15-18,23-24,37-39H,3-8H2,1-2H3,(H7-,27,28,30,31,32,33,40,41,42,43,44,45)/t11-,12-,15-,16-,17-,18-,23-,24-/m1/s1. The number of aromatic nitrogens is 8. The molecule has 6 heterocycles. The van der Waals surface area contributed by atoms with Crippen LogP contribution in [0, 0.1) is 0 Å². The Bertz CT molecular complexity index is 2210. The number of rotatable bonds is 17. The molecule has 29 heteroatoms. The second kappa shape index (κ2) is 16.4. The van der Waals surface area contributed by atoms with Crippen LogP contribution in [0.2, 0.25) is 0 Å². The smallest absolute Gasteiger partial charge is 0.313 e. The number of nitrogens with one attached hydrogen (secondary N) is 3. The number of hydrogen-bond acceptors (Lipinski definition) is 21. The number of nitrogens with zero attached hydrogens (tertiary/aromatic N) is 5.